The van der Waals surface area contributed by atoms with Gasteiger partial charge in [0, 0.05) is 25.3 Å². The van der Waals surface area contributed by atoms with E-state index in [1.54, 1.807) is 4.90 Å². The molecule has 0 aliphatic carbocycles. The molecule has 0 atom stereocenters. The number of anilines is 1. The lowest BCUT2D eigenvalue weighted by Crippen LogP contribution is -2.42. The van der Waals surface area contributed by atoms with Crippen LogP contribution >= 0.6 is 0 Å². The molecule has 1 aliphatic rings. The third kappa shape index (κ3) is 4.46. The summed E-state index contributed by atoms with van der Waals surface area (Å²) >= 11 is 0. The maximum atomic E-state index is 13.1. The van der Waals surface area contributed by atoms with Gasteiger partial charge >= 0.3 is 5.69 Å². The molecule has 0 fully saturated rings. The Morgan fingerprint density at radius 1 is 0.939 bits per heavy atom. The van der Waals surface area contributed by atoms with Crippen LogP contribution in [0.4, 0.5) is 5.69 Å². The second-order valence-corrected chi connectivity index (χ2v) is 8.89. The van der Waals surface area contributed by atoms with Crippen molar-refractivity contribution >= 4 is 17.5 Å². The van der Waals surface area contributed by atoms with E-state index >= 15 is 0 Å². The van der Waals surface area contributed by atoms with Gasteiger partial charge < -0.3 is 10.2 Å². The summed E-state index contributed by atoms with van der Waals surface area (Å²) in [6.45, 7) is 10.9. The molecule has 1 aromatic heterocycles. The minimum Gasteiger partial charge on any atom is -0.330 e. The monoisotopic (exact) mass is 447 g/mol. The van der Waals surface area contributed by atoms with Crippen LogP contribution in [0.25, 0.3) is 0 Å². The van der Waals surface area contributed by atoms with Gasteiger partial charge in [-0.05, 0) is 56.9 Å². The number of amides is 2. The predicted molar refractivity (Wildman–Crippen MR) is 126 cm³/mol. The lowest BCUT2D eigenvalue weighted by molar-refractivity contribution is -0.117. The van der Waals surface area contributed by atoms with Crippen LogP contribution in [-0.2, 0) is 24.4 Å². The van der Waals surface area contributed by atoms with E-state index < -0.39 is 5.69 Å². The molecule has 3 aromatic rings. The normalized spacial score (nSPS) is 13.2. The summed E-state index contributed by atoms with van der Waals surface area (Å²) in [5, 5.41) is 7.10. The van der Waals surface area contributed by atoms with Gasteiger partial charge in [-0.2, -0.15) is 0 Å². The lowest BCUT2D eigenvalue weighted by atomic mass is 10.0. The molecule has 8 heteroatoms. The summed E-state index contributed by atoms with van der Waals surface area (Å²) in [7, 11) is 0. The zero-order valence-corrected chi connectivity index (χ0v) is 19.7. The Kier molecular flexibility index (Phi) is 5.93. The van der Waals surface area contributed by atoms with Gasteiger partial charge in [0.25, 0.3) is 5.91 Å². The second-order valence-electron chi connectivity index (χ2n) is 8.89. The van der Waals surface area contributed by atoms with Crippen LogP contribution in [0.3, 0.4) is 0 Å². The molecule has 0 saturated heterocycles. The summed E-state index contributed by atoms with van der Waals surface area (Å²) < 4.78 is 2.43. The van der Waals surface area contributed by atoms with Crippen LogP contribution in [-0.4, -0.2) is 37.6 Å². The van der Waals surface area contributed by atoms with Gasteiger partial charge in [-0.15, -0.1) is 5.10 Å². The first-order valence-electron chi connectivity index (χ1n) is 11.0. The standard InChI is InChI=1S/C25H29N5O3/c1-15-6-7-17(3)20(12-15)13-28-8-9-29-23(24(28)32)27-30(25(29)33)14-21(31)26-22-18(4)10-16(2)11-19(22)5/h6-7,10-12H,8-9,13-14H2,1-5H3,(H,26,31). The maximum Gasteiger partial charge on any atom is 0.346 e. The molecule has 4 rings (SSSR count). The van der Waals surface area contributed by atoms with E-state index in [1.807, 2.05) is 58.9 Å². The molecule has 33 heavy (non-hydrogen) atoms. The van der Waals surface area contributed by atoms with Crippen molar-refractivity contribution in [1.82, 2.24) is 19.2 Å². The first-order chi connectivity index (χ1) is 15.6. The highest BCUT2D eigenvalue weighted by molar-refractivity contribution is 5.93. The van der Waals surface area contributed by atoms with Crippen LogP contribution in [0.15, 0.2) is 35.1 Å². The number of hydrogen-bond donors (Lipinski definition) is 1. The number of hydrogen-bond acceptors (Lipinski definition) is 4. The zero-order valence-electron chi connectivity index (χ0n) is 19.7. The zero-order chi connectivity index (χ0) is 23.9. The average Bonchev–Trinajstić information content (AvgIpc) is 3.05. The molecule has 1 aliphatic heterocycles. The molecule has 0 bridgehead atoms. The molecule has 172 valence electrons. The Balaban J connectivity index is 1.52. The minimum absolute atomic E-state index is 0.0760. The Labute approximate surface area is 192 Å². The number of carbonyl (C=O) groups excluding carboxylic acids is 2. The van der Waals surface area contributed by atoms with Gasteiger partial charge in [-0.1, -0.05) is 41.5 Å². The largest absolute Gasteiger partial charge is 0.346 e. The fourth-order valence-electron chi connectivity index (χ4n) is 4.39. The molecule has 0 spiro atoms. The molecule has 2 heterocycles. The average molecular weight is 448 g/mol. The van der Waals surface area contributed by atoms with Crippen LogP contribution in [0.1, 0.15) is 44.0 Å². The van der Waals surface area contributed by atoms with Crippen molar-refractivity contribution in [2.45, 2.75) is 54.3 Å². The van der Waals surface area contributed by atoms with E-state index in [4.69, 9.17) is 0 Å². The van der Waals surface area contributed by atoms with Crippen LogP contribution in [0.5, 0.6) is 0 Å². The van der Waals surface area contributed by atoms with Crippen molar-refractivity contribution in [3.8, 4) is 0 Å². The Morgan fingerprint density at radius 3 is 2.33 bits per heavy atom. The van der Waals surface area contributed by atoms with Gasteiger partial charge in [0.1, 0.15) is 6.54 Å². The van der Waals surface area contributed by atoms with Crippen molar-refractivity contribution < 1.29 is 9.59 Å². The molecule has 0 unspecified atom stereocenters. The maximum absolute atomic E-state index is 13.1. The predicted octanol–water partition coefficient (Wildman–Crippen LogP) is 2.88. The number of nitrogens with zero attached hydrogens (tertiary/aromatic N) is 4. The van der Waals surface area contributed by atoms with Crippen molar-refractivity contribution in [3.05, 3.63) is 80.0 Å². The van der Waals surface area contributed by atoms with Crippen LogP contribution in [0.2, 0.25) is 0 Å². The number of rotatable bonds is 5. The van der Waals surface area contributed by atoms with Crippen molar-refractivity contribution in [3.63, 3.8) is 0 Å². The fraction of sp³-hybridized carbons (Fsp3) is 0.360. The van der Waals surface area contributed by atoms with E-state index in [0.717, 1.165) is 43.7 Å². The highest BCUT2D eigenvalue weighted by Crippen LogP contribution is 2.22. The first kappa shape index (κ1) is 22.5. The third-order valence-corrected chi connectivity index (χ3v) is 6.10. The Hall–Kier alpha value is -3.68. The molecule has 2 amide bonds. The highest BCUT2D eigenvalue weighted by atomic mass is 16.2. The van der Waals surface area contributed by atoms with Crippen molar-refractivity contribution in [2.24, 2.45) is 0 Å². The Morgan fingerprint density at radius 2 is 1.64 bits per heavy atom. The lowest BCUT2D eigenvalue weighted by Gasteiger charge is -2.27. The number of aromatic nitrogens is 3. The molecule has 1 N–H and O–H groups in total. The quantitative estimate of drug-likeness (QED) is 0.651. The Bertz CT molecular complexity index is 1300. The van der Waals surface area contributed by atoms with Crippen molar-refractivity contribution in [1.29, 1.82) is 0 Å². The molecule has 0 radical (unpaired) electrons. The highest BCUT2D eigenvalue weighted by Gasteiger charge is 2.30. The summed E-state index contributed by atoms with van der Waals surface area (Å²) in [5.74, 6) is -0.585. The molecular formula is C25H29N5O3. The van der Waals surface area contributed by atoms with Crippen LogP contribution < -0.4 is 11.0 Å². The van der Waals surface area contributed by atoms with Crippen molar-refractivity contribution in [2.75, 3.05) is 11.9 Å². The fourth-order valence-corrected chi connectivity index (χ4v) is 4.39. The molecule has 2 aromatic carbocycles. The number of nitrogens with one attached hydrogen (secondary N) is 1. The van der Waals surface area contributed by atoms with Gasteiger partial charge in [-0.3, -0.25) is 14.2 Å². The first-order valence-corrected chi connectivity index (χ1v) is 11.0. The minimum atomic E-state index is -0.447. The topological polar surface area (TPSA) is 89.2 Å². The SMILES string of the molecule is Cc1cc(C)c(NC(=O)Cn2nc3n(c2=O)CCN(Cc2cc(C)ccc2C)C3=O)c(C)c1. The molecule has 0 saturated carbocycles. The molecular weight excluding hydrogens is 418 g/mol. The second kappa shape index (κ2) is 8.69. The number of benzene rings is 2. The number of fused-ring (bicyclic) bond motifs is 1. The van der Waals surface area contributed by atoms with E-state index in [0.29, 0.717) is 19.6 Å². The van der Waals surface area contributed by atoms with Crippen LogP contribution in [0, 0.1) is 34.6 Å². The summed E-state index contributed by atoms with van der Waals surface area (Å²) in [6.07, 6.45) is 0. The van der Waals surface area contributed by atoms with E-state index in [1.165, 1.54) is 4.57 Å². The number of carbonyl (C=O) groups is 2. The summed E-state index contributed by atoms with van der Waals surface area (Å²) in [4.78, 5) is 40.3. The molecule has 8 nitrogen and oxygen atoms in total. The van der Waals surface area contributed by atoms with E-state index in [2.05, 4.69) is 16.5 Å². The van der Waals surface area contributed by atoms with Gasteiger partial charge in [-0.25, -0.2) is 9.48 Å². The summed E-state index contributed by atoms with van der Waals surface area (Å²) in [6, 6.07) is 10.1. The number of aryl methyl sites for hydroxylation is 5. The van der Waals surface area contributed by atoms with Gasteiger partial charge in [0.15, 0.2) is 0 Å². The van der Waals surface area contributed by atoms with Gasteiger partial charge in [0.2, 0.25) is 11.7 Å². The van der Waals surface area contributed by atoms with Gasteiger partial charge in [0.05, 0.1) is 0 Å². The smallest absolute Gasteiger partial charge is 0.330 e. The summed E-state index contributed by atoms with van der Waals surface area (Å²) in [5.41, 5.74) is 6.62. The van der Waals surface area contributed by atoms with E-state index in [-0.39, 0.29) is 24.2 Å². The third-order valence-electron chi connectivity index (χ3n) is 6.10. The van der Waals surface area contributed by atoms with E-state index in [9.17, 15) is 14.4 Å².